The van der Waals surface area contributed by atoms with Gasteiger partial charge in [-0.2, -0.15) is 8.42 Å². The SMILES string of the molecule is N#[N+]c1ccc2c(S(=O)(=O)Oc3cc(C(=O)c4ccc(O)c(O)c4O)ccc3O)cccc2c1[O-]. The Morgan fingerprint density at radius 1 is 0.886 bits per heavy atom. The Bertz CT molecular complexity index is 1680. The molecule has 0 aliphatic rings. The summed E-state index contributed by atoms with van der Waals surface area (Å²) in [5.41, 5.74) is -0.912. The lowest BCUT2D eigenvalue weighted by molar-refractivity contribution is -0.264. The van der Waals surface area contributed by atoms with Gasteiger partial charge in [-0.25, -0.2) is 0 Å². The molecule has 4 N–H and O–H groups in total. The standard InChI is InChI=1S/C23H14N2O9S/c24-25-15-7-5-12-13(21(15)29)2-1-3-19(12)35(32,33)34-18-10-11(4-8-16(18)26)20(28)14-6-9-17(27)23(31)22(14)30/h1-10,24H,(H3,26,27,28,29,30). The van der Waals surface area contributed by atoms with Crippen LogP contribution in [0, 0.1) is 5.39 Å². The second-order valence-corrected chi connectivity index (χ2v) is 8.76. The smallest absolute Gasteiger partial charge is 0.378 e. The van der Waals surface area contributed by atoms with Gasteiger partial charge in [-0.3, -0.25) is 4.79 Å². The van der Waals surface area contributed by atoms with Crippen LogP contribution >= 0.6 is 0 Å². The molecule has 12 heteroatoms. The molecule has 4 aromatic carbocycles. The van der Waals surface area contributed by atoms with Crippen molar-refractivity contribution in [3.05, 3.63) is 76.8 Å². The van der Waals surface area contributed by atoms with E-state index in [1.54, 1.807) is 0 Å². The van der Waals surface area contributed by atoms with Gasteiger partial charge in [-0.15, -0.1) is 0 Å². The number of hydrogen-bond donors (Lipinski definition) is 4. The van der Waals surface area contributed by atoms with Crippen LogP contribution in [-0.4, -0.2) is 34.6 Å². The normalized spacial score (nSPS) is 11.2. The zero-order valence-corrected chi connectivity index (χ0v) is 18.2. The van der Waals surface area contributed by atoms with E-state index in [1.807, 2.05) is 0 Å². The van der Waals surface area contributed by atoms with E-state index in [0.717, 1.165) is 42.5 Å². The van der Waals surface area contributed by atoms with E-state index in [0.29, 0.717) is 0 Å². The molecule has 176 valence electrons. The number of hydrogen-bond acceptors (Lipinski definition) is 10. The predicted molar refractivity (Wildman–Crippen MR) is 119 cm³/mol. The molecule has 0 spiro atoms. The number of benzene rings is 4. The summed E-state index contributed by atoms with van der Waals surface area (Å²) >= 11 is 0. The van der Waals surface area contributed by atoms with Crippen molar-refractivity contribution in [2.45, 2.75) is 4.90 Å². The van der Waals surface area contributed by atoms with E-state index in [4.69, 9.17) is 9.58 Å². The minimum Gasteiger partial charge on any atom is -0.867 e. The fraction of sp³-hybridized carbons (Fsp3) is 0. The number of carbonyl (C=O) groups is 1. The molecule has 4 rings (SSSR count). The van der Waals surface area contributed by atoms with Crippen molar-refractivity contribution < 1.29 is 42.9 Å². The monoisotopic (exact) mass is 494 g/mol. The third-order valence-electron chi connectivity index (χ3n) is 5.12. The molecule has 0 unspecified atom stereocenters. The molecule has 0 saturated carbocycles. The fourth-order valence-corrected chi connectivity index (χ4v) is 4.53. The van der Waals surface area contributed by atoms with E-state index in [9.17, 15) is 38.7 Å². The summed E-state index contributed by atoms with van der Waals surface area (Å²) < 4.78 is 31.1. The summed E-state index contributed by atoms with van der Waals surface area (Å²) in [6, 6.07) is 11.2. The van der Waals surface area contributed by atoms with Crippen LogP contribution in [0.15, 0.2) is 65.6 Å². The Morgan fingerprint density at radius 3 is 2.31 bits per heavy atom. The first-order valence-electron chi connectivity index (χ1n) is 9.69. The van der Waals surface area contributed by atoms with Gasteiger partial charge >= 0.3 is 15.8 Å². The number of carbonyl (C=O) groups excluding carboxylic acids is 1. The zero-order valence-electron chi connectivity index (χ0n) is 17.4. The number of ketones is 1. The molecule has 0 saturated heterocycles. The number of fused-ring (bicyclic) bond motifs is 1. The lowest BCUT2D eigenvalue weighted by atomic mass is 10.0. The highest BCUT2D eigenvalue weighted by atomic mass is 32.2. The van der Waals surface area contributed by atoms with Crippen molar-refractivity contribution in [2.24, 2.45) is 0 Å². The van der Waals surface area contributed by atoms with Crippen LogP contribution < -0.4 is 9.29 Å². The topological polar surface area (TPSA) is 193 Å². The maximum Gasteiger partial charge on any atom is 0.378 e. The van der Waals surface area contributed by atoms with Gasteiger partial charge in [0.25, 0.3) is 0 Å². The molecule has 0 bridgehead atoms. The van der Waals surface area contributed by atoms with Crippen molar-refractivity contribution in [2.75, 3.05) is 0 Å². The molecular weight excluding hydrogens is 480 g/mol. The molecule has 0 atom stereocenters. The molecular formula is C23H14N2O9S. The van der Waals surface area contributed by atoms with Gasteiger partial charge in [-0.05, 0) is 53.6 Å². The summed E-state index contributed by atoms with van der Waals surface area (Å²) in [4.78, 5) is 15.2. The van der Waals surface area contributed by atoms with E-state index >= 15 is 0 Å². The third kappa shape index (κ3) is 3.96. The summed E-state index contributed by atoms with van der Waals surface area (Å²) in [5, 5.41) is 60.4. The molecule has 0 aliphatic heterocycles. The van der Waals surface area contributed by atoms with E-state index < -0.39 is 60.9 Å². The summed E-state index contributed by atoms with van der Waals surface area (Å²) in [6.07, 6.45) is 0. The van der Waals surface area contributed by atoms with Crippen LogP contribution in [0.25, 0.3) is 15.7 Å². The first kappa shape index (κ1) is 23.1. The van der Waals surface area contributed by atoms with Gasteiger partial charge in [0.05, 0.1) is 5.56 Å². The summed E-state index contributed by atoms with van der Waals surface area (Å²) in [6.45, 7) is 0. The van der Waals surface area contributed by atoms with Crippen LogP contribution in [0.4, 0.5) is 5.69 Å². The molecule has 0 fully saturated rings. The highest BCUT2D eigenvalue weighted by Crippen LogP contribution is 2.40. The van der Waals surface area contributed by atoms with Gasteiger partial charge in [0.1, 0.15) is 4.90 Å². The predicted octanol–water partition coefficient (Wildman–Crippen LogP) is 3.22. The van der Waals surface area contributed by atoms with Crippen molar-refractivity contribution in [1.29, 1.82) is 5.39 Å². The Balaban J connectivity index is 1.76. The van der Waals surface area contributed by atoms with Gasteiger partial charge in [0.15, 0.2) is 33.8 Å². The van der Waals surface area contributed by atoms with E-state index in [-0.39, 0.29) is 22.0 Å². The molecule has 4 aromatic rings. The number of aromatic hydroxyl groups is 4. The van der Waals surface area contributed by atoms with Crippen LogP contribution in [-0.2, 0) is 10.1 Å². The van der Waals surface area contributed by atoms with Crippen molar-refractivity contribution in [3.8, 4) is 34.5 Å². The molecule has 0 heterocycles. The zero-order chi connectivity index (χ0) is 25.5. The van der Waals surface area contributed by atoms with Crippen LogP contribution in [0.3, 0.4) is 0 Å². The summed E-state index contributed by atoms with van der Waals surface area (Å²) in [5.74, 6) is -5.31. The average Bonchev–Trinajstić information content (AvgIpc) is 2.83. The van der Waals surface area contributed by atoms with E-state index in [1.165, 1.54) is 18.2 Å². The number of diazo groups is 1. The maximum atomic E-state index is 13.0. The lowest BCUT2D eigenvalue weighted by Gasteiger charge is -2.13. The minimum atomic E-state index is -4.65. The van der Waals surface area contributed by atoms with Gasteiger partial charge in [0.2, 0.25) is 11.1 Å². The highest BCUT2D eigenvalue weighted by Gasteiger charge is 2.25. The minimum absolute atomic E-state index is 0.0267. The van der Waals surface area contributed by atoms with Crippen LogP contribution in [0.2, 0.25) is 0 Å². The molecule has 11 nitrogen and oxygen atoms in total. The number of phenols is 4. The van der Waals surface area contributed by atoms with Crippen LogP contribution in [0.1, 0.15) is 15.9 Å². The second kappa shape index (κ2) is 8.40. The second-order valence-electron chi connectivity index (χ2n) is 7.24. The van der Waals surface area contributed by atoms with Gasteiger partial charge in [-0.1, -0.05) is 12.1 Å². The van der Waals surface area contributed by atoms with Crippen molar-refractivity contribution >= 4 is 32.4 Å². The third-order valence-corrected chi connectivity index (χ3v) is 6.42. The quantitative estimate of drug-likeness (QED) is 0.138. The molecule has 0 aromatic heterocycles. The van der Waals surface area contributed by atoms with Crippen LogP contribution in [0.5, 0.6) is 34.5 Å². The Morgan fingerprint density at radius 2 is 1.60 bits per heavy atom. The van der Waals surface area contributed by atoms with E-state index in [2.05, 4.69) is 4.98 Å². The molecule has 0 aliphatic carbocycles. The largest absolute Gasteiger partial charge is 0.867 e. The number of phenolic OH excluding ortho intramolecular Hbond substituents is 4. The lowest BCUT2D eigenvalue weighted by Crippen LogP contribution is -2.11. The first-order chi connectivity index (χ1) is 16.5. The van der Waals surface area contributed by atoms with Crippen molar-refractivity contribution in [1.82, 2.24) is 0 Å². The van der Waals surface area contributed by atoms with Crippen molar-refractivity contribution in [3.63, 3.8) is 0 Å². The molecule has 0 amide bonds. The molecule has 35 heavy (non-hydrogen) atoms. The Hall–Kier alpha value is -5.02. The summed E-state index contributed by atoms with van der Waals surface area (Å²) in [7, 11) is -4.65. The fourth-order valence-electron chi connectivity index (χ4n) is 3.38. The van der Waals surface area contributed by atoms with Gasteiger partial charge < -0.3 is 29.7 Å². The van der Waals surface area contributed by atoms with Gasteiger partial charge in [0, 0.05) is 17.0 Å². The maximum absolute atomic E-state index is 13.0. The number of rotatable bonds is 5. The molecule has 0 radical (unpaired) electrons. The average molecular weight is 494 g/mol. The Kier molecular flexibility index (Phi) is 5.55. The number of nitrogens with zero attached hydrogens (tertiary/aromatic N) is 2. The first-order valence-corrected chi connectivity index (χ1v) is 11.1. The Labute approximate surface area is 197 Å². The highest BCUT2D eigenvalue weighted by molar-refractivity contribution is 7.87.